The Balaban J connectivity index is 1.62. The summed E-state index contributed by atoms with van der Waals surface area (Å²) in [4.78, 5) is 47.9. The van der Waals surface area contributed by atoms with Crippen LogP contribution in [-0.2, 0) is 4.74 Å². The summed E-state index contributed by atoms with van der Waals surface area (Å²) in [5.41, 5.74) is -0.796. The maximum absolute atomic E-state index is 16.6. The molecule has 0 bridgehead atoms. The predicted octanol–water partition coefficient (Wildman–Crippen LogP) is 7.39. The number of carbonyl (C=O) groups is 3. The van der Waals surface area contributed by atoms with E-state index < -0.39 is 53.3 Å². The van der Waals surface area contributed by atoms with Gasteiger partial charge in [0.2, 0.25) is 5.88 Å². The average Bonchev–Trinajstić information content (AvgIpc) is 3.36. The lowest BCUT2D eigenvalue weighted by Crippen LogP contribution is -2.53. The fourth-order valence-corrected chi connectivity index (χ4v) is 5.95. The number of alkyl halides is 1. The molecule has 1 saturated carbocycles. The molecule has 5 rings (SSSR count). The Hall–Kier alpha value is -4.75. The number of urea groups is 1. The van der Waals surface area contributed by atoms with Crippen LogP contribution in [0.3, 0.4) is 0 Å². The average molecular weight is 655 g/mol. The van der Waals surface area contributed by atoms with Gasteiger partial charge in [-0.2, -0.15) is 0 Å². The van der Waals surface area contributed by atoms with Gasteiger partial charge in [0.1, 0.15) is 29.9 Å². The number of benzene rings is 1. The topological polar surface area (TPSA) is 155 Å². The summed E-state index contributed by atoms with van der Waals surface area (Å²) < 4.78 is 41.9. The number of hydrogen-bond donors (Lipinski definition) is 4. The van der Waals surface area contributed by atoms with E-state index in [-0.39, 0.29) is 46.2 Å². The third-order valence-electron chi connectivity index (χ3n) is 8.28. The molecular formula is C33H40F2N6O6. The quantitative estimate of drug-likeness (QED) is 0.227. The Morgan fingerprint density at radius 3 is 2.38 bits per heavy atom. The normalized spacial score (nSPS) is 19.5. The Morgan fingerprint density at radius 2 is 1.77 bits per heavy atom. The van der Waals surface area contributed by atoms with Crippen molar-refractivity contribution in [1.82, 2.24) is 15.3 Å². The maximum atomic E-state index is 16.6. The number of anilines is 3. The Bertz CT molecular complexity index is 1740. The fraction of sp³-hybridized carbons (Fsp3) is 0.485. The van der Waals surface area contributed by atoms with Crippen LogP contribution in [0.15, 0.2) is 24.5 Å². The molecule has 12 nitrogen and oxygen atoms in total. The van der Waals surface area contributed by atoms with Crippen LogP contribution in [-0.4, -0.2) is 63.8 Å². The zero-order valence-corrected chi connectivity index (χ0v) is 27.5. The van der Waals surface area contributed by atoms with Crippen molar-refractivity contribution in [3.8, 4) is 17.0 Å². The van der Waals surface area contributed by atoms with E-state index in [0.29, 0.717) is 30.2 Å². The van der Waals surface area contributed by atoms with Crippen molar-refractivity contribution in [2.45, 2.75) is 91.6 Å². The number of carbonyl (C=O) groups excluding carboxylic acids is 2. The van der Waals surface area contributed by atoms with Crippen LogP contribution in [0.1, 0.15) is 66.4 Å². The lowest BCUT2D eigenvalue weighted by atomic mass is 9.85. The zero-order valence-electron chi connectivity index (χ0n) is 27.5. The van der Waals surface area contributed by atoms with Gasteiger partial charge in [-0.1, -0.05) is 20.8 Å². The third kappa shape index (κ3) is 7.00. The molecule has 14 heteroatoms. The molecule has 47 heavy (non-hydrogen) atoms. The van der Waals surface area contributed by atoms with E-state index in [1.54, 1.807) is 27.7 Å². The van der Waals surface area contributed by atoms with Gasteiger partial charge in [0.05, 0.1) is 17.8 Å². The minimum Gasteiger partial charge on any atom is -0.474 e. The van der Waals surface area contributed by atoms with Gasteiger partial charge in [-0.15, -0.1) is 0 Å². The highest BCUT2D eigenvalue weighted by Gasteiger charge is 2.41. The molecule has 1 aliphatic heterocycles. The number of halogens is 2. The van der Waals surface area contributed by atoms with Crippen molar-refractivity contribution in [1.29, 1.82) is 0 Å². The lowest BCUT2D eigenvalue weighted by Gasteiger charge is -2.42. The van der Waals surface area contributed by atoms with Gasteiger partial charge in [-0.3, -0.25) is 15.5 Å². The van der Waals surface area contributed by atoms with E-state index in [1.165, 1.54) is 29.4 Å². The van der Waals surface area contributed by atoms with E-state index in [9.17, 15) is 23.9 Å². The van der Waals surface area contributed by atoms with Crippen LogP contribution in [0.5, 0.6) is 5.88 Å². The summed E-state index contributed by atoms with van der Waals surface area (Å²) >= 11 is 0. The van der Waals surface area contributed by atoms with E-state index in [4.69, 9.17) is 9.47 Å². The van der Waals surface area contributed by atoms with Crippen LogP contribution in [0.4, 0.5) is 40.4 Å². The summed E-state index contributed by atoms with van der Waals surface area (Å²) in [5.74, 6) is -0.639. The molecule has 2 aliphatic rings. The molecule has 0 saturated heterocycles. The number of fused-ring (bicyclic) bond motifs is 2. The third-order valence-corrected chi connectivity index (χ3v) is 8.28. The van der Waals surface area contributed by atoms with E-state index >= 15 is 4.39 Å². The second kappa shape index (κ2) is 12.5. The number of aromatic nitrogens is 2. The second-order valence-electron chi connectivity index (χ2n) is 14.0. The molecule has 3 aromatic rings. The number of carboxylic acid groups (broad SMARTS) is 1. The first-order valence-electron chi connectivity index (χ1n) is 15.4. The number of pyridine rings is 2. The van der Waals surface area contributed by atoms with Gasteiger partial charge in [0.25, 0.3) is 0 Å². The molecule has 2 aromatic heterocycles. The van der Waals surface area contributed by atoms with Crippen molar-refractivity contribution in [2.75, 3.05) is 22.1 Å². The van der Waals surface area contributed by atoms with E-state index in [1.807, 2.05) is 20.8 Å². The van der Waals surface area contributed by atoms with Crippen molar-refractivity contribution in [3.63, 3.8) is 0 Å². The molecule has 0 spiro atoms. The summed E-state index contributed by atoms with van der Waals surface area (Å²) in [6, 6.07) is 1.18. The van der Waals surface area contributed by atoms with Gasteiger partial charge in [-0.05, 0) is 75.5 Å². The molecule has 4 amide bonds. The highest BCUT2D eigenvalue weighted by atomic mass is 19.1. The lowest BCUT2D eigenvalue weighted by molar-refractivity contribution is 0.0635. The van der Waals surface area contributed by atoms with Crippen molar-refractivity contribution >= 4 is 46.2 Å². The molecule has 3 heterocycles. The summed E-state index contributed by atoms with van der Waals surface area (Å²) in [7, 11) is 0. The number of rotatable bonds is 4. The molecule has 1 aliphatic carbocycles. The standard InChI is InChI=1S/C33H40F2N6O6/c1-16-19(13-37-28-27(16)41(31(44)45)23(15-46-28)32(2,3)4)18-11-17-12-24(39-29(42)38-22-10-8-9-21(22)34)36-14-20(17)26(25(18)35)40-30(43)47-33(5,6)7/h11-14,21-23H,8-10,15H2,1-7H3,(H,40,43)(H,44,45)(H2,36,38,39,42). The molecule has 1 aromatic carbocycles. The van der Waals surface area contributed by atoms with Crippen molar-refractivity contribution in [3.05, 3.63) is 35.9 Å². The first-order chi connectivity index (χ1) is 21.9. The largest absolute Gasteiger partial charge is 0.474 e. The number of nitrogens with zero attached hydrogens (tertiary/aromatic N) is 3. The highest BCUT2D eigenvalue weighted by Crippen LogP contribution is 2.45. The highest BCUT2D eigenvalue weighted by molar-refractivity contribution is 6.05. The molecule has 3 atom stereocenters. The molecular weight excluding hydrogens is 614 g/mol. The molecule has 3 unspecified atom stereocenters. The Morgan fingerprint density at radius 1 is 1.04 bits per heavy atom. The summed E-state index contributed by atoms with van der Waals surface area (Å²) in [6.45, 7) is 12.4. The minimum atomic E-state index is -1.21. The van der Waals surface area contributed by atoms with Gasteiger partial charge in [-0.25, -0.2) is 33.1 Å². The minimum absolute atomic E-state index is 0.00703. The van der Waals surface area contributed by atoms with Gasteiger partial charge >= 0.3 is 18.2 Å². The summed E-state index contributed by atoms with van der Waals surface area (Å²) in [5, 5.41) is 18.6. The van der Waals surface area contributed by atoms with Gasteiger partial charge in [0.15, 0.2) is 5.82 Å². The predicted molar refractivity (Wildman–Crippen MR) is 173 cm³/mol. The Kier molecular flexibility index (Phi) is 8.91. The maximum Gasteiger partial charge on any atom is 0.412 e. The molecule has 1 fully saturated rings. The second-order valence-corrected chi connectivity index (χ2v) is 14.0. The molecule has 0 radical (unpaired) electrons. The van der Waals surface area contributed by atoms with E-state index in [0.717, 1.165) is 0 Å². The van der Waals surface area contributed by atoms with Gasteiger partial charge in [0, 0.05) is 28.9 Å². The van der Waals surface area contributed by atoms with Gasteiger partial charge < -0.3 is 19.9 Å². The first kappa shape index (κ1) is 33.6. The molecule has 4 N–H and O–H groups in total. The van der Waals surface area contributed by atoms with Crippen molar-refractivity contribution < 1.29 is 37.7 Å². The monoisotopic (exact) mass is 654 g/mol. The molecule has 252 valence electrons. The SMILES string of the molecule is Cc1c(-c2cc3cc(NC(=O)NC4CCCC4F)ncc3c(NC(=O)OC(C)(C)C)c2F)cnc2c1N(C(=O)O)C(C(C)(C)C)CO2. The fourth-order valence-electron chi connectivity index (χ4n) is 5.95. The van der Waals surface area contributed by atoms with Crippen LogP contribution < -0.4 is 25.6 Å². The van der Waals surface area contributed by atoms with E-state index in [2.05, 4.69) is 25.9 Å². The van der Waals surface area contributed by atoms with Crippen LogP contribution >= 0.6 is 0 Å². The van der Waals surface area contributed by atoms with Crippen LogP contribution in [0, 0.1) is 18.2 Å². The smallest absolute Gasteiger partial charge is 0.412 e. The number of hydrogen-bond acceptors (Lipinski definition) is 7. The zero-order chi connectivity index (χ0) is 34.4. The van der Waals surface area contributed by atoms with Crippen molar-refractivity contribution in [2.24, 2.45) is 5.41 Å². The number of ether oxygens (including phenoxy) is 2. The van der Waals surface area contributed by atoms with Crippen LogP contribution in [0.25, 0.3) is 21.9 Å². The first-order valence-corrected chi connectivity index (χ1v) is 15.4. The Labute approximate surface area is 271 Å². The number of amides is 4. The van der Waals surface area contributed by atoms with Crippen LogP contribution in [0.2, 0.25) is 0 Å². The number of nitrogens with one attached hydrogen (secondary N) is 3. The summed E-state index contributed by atoms with van der Waals surface area (Å²) in [6.07, 6.45) is 1.01.